The summed E-state index contributed by atoms with van der Waals surface area (Å²) >= 11 is 1.78. The zero-order valence-corrected chi connectivity index (χ0v) is 11.3. The van der Waals surface area contributed by atoms with Gasteiger partial charge in [0.25, 0.3) is 0 Å². The van der Waals surface area contributed by atoms with E-state index in [2.05, 4.69) is 60.4 Å². The number of hydrogen-bond donors (Lipinski definition) is 1. The van der Waals surface area contributed by atoms with Crippen LogP contribution < -0.4 is 0 Å². The normalized spacial score (nSPS) is 11.4. The molecule has 0 aliphatic rings. The predicted octanol–water partition coefficient (Wildman–Crippen LogP) is 4.75. The molecular formula is C16H12N2S. The Labute approximate surface area is 114 Å². The average Bonchev–Trinajstić information content (AvgIpc) is 3.02. The summed E-state index contributed by atoms with van der Waals surface area (Å²) in [6, 6.07) is 16.9. The van der Waals surface area contributed by atoms with Crippen molar-refractivity contribution in [3.63, 3.8) is 0 Å². The third-order valence-electron chi connectivity index (χ3n) is 3.37. The summed E-state index contributed by atoms with van der Waals surface area (Å²) in [4.78, 5) is 9.34. The fraction of sp³-hybridized carbons (Fsp3) is 0.0625. The summed E-state index contributed by atoms with van der Waals surface area (Å²) in [7, 11) is 0. The molecule has 0 aliphatic carbocycles. The van der Waals surface area contributed by atoms with E-state index in [0.29, 0.717) is 0 Å². The fourth-order valence-electron chi connectivity index (χ4n) is 2.39. The lowest BCUT2D eigenvalue weighted by Crippen LogP contribution is -1.74. The van der Waals surface area contributed by atoms with Gasteiger partial charge in [0.1, 0.15) is 5.82 Å². The average molecular weight is 264 g/mol. The minimum atomic E-state index is 0.963. The van der Waals surface area contributed by atoms with E-state index in [1.807, 2.05) is 0 Å². The number of rotatable bonds is 1. The zero-order chi connectivity index (χ0) is 12.8. The van der Waals surface area contributed by atoms with E-state index in [-0.39, 0.29) is 0 Å². The highest BCUT2D eigenvalue weighted by Gasteiger charge is 2.09. The van der Waals surface area contributed by atoms with Crippen molar-refractivity contribution in [2.75, 3.05) is 0 Å². The monoisotopic (exact) mass is 264 g/mol. The van der Waals surface area contributed by atoms with E-state index in [1.165, 1.54) is 20.5 Å². The van der Waals surface area contributed by atoms with Gasteiger partial charge in [0, 0.05) is 4.70 Å². The molecule has 4 rings (SSSR count). The number of para-hydroxylation sites is 1. The fourth-order valence-corrected chi connectivity index (χ4v) is 3.40. The van der Waals surface area contributed by atoms with Crippen LogP contribution in [0.1, 0.15) is 5.56 Å². The van der Waals surface area contributed by atoms with Gasteiger partial charge in [0.05, 0.1) is 15.9 Å². The number of fused-ring (bicyclic) bond motifs is 2. The Hall–Kier alpha value is -2.13. The molecule has 3 heteroatoms. The number of aromatic nitrogens is 2. The van der Waals surface area contributed by atoms with Crippen LogP contribution in [0.25, 0.3) is 31.8 Å². The van der Waals surface area contributed by atoms with Crippen LogP contribution in [-0.4, -0.2) is 9.97 Å². The number of benzene rings is 2. The molecule has 0 spiro atoms. The number of H-pyrrole nitrogens is 1. The van der Waals surface area contributed by atoms with Crippen molar-refractivity contribution in [1.82, 2.24) is 9.97 Å². The number of thiophene rings is 1. The third-order valence-corrected chi connectivity index (χ3v) is 4.50. The highest BCUT2D eigenvalue weighted by atomic mass is 32.1. The smallest absolute Gasteiger partial charge is 0.148 e. The van der Waals surface area contributed by atoms with Crippen molar-refractivity contribution in [3.05, 3.63) is 54.1 Å². The van der Waals surface area contributed by atoms with Crippen molar-refractivity contribution >= 4 is 32.5 Å². The van der Waals surface area contributed by atoms with Crippen LogP contribution >= 0.6 is 11.3 Å². The van der Waals surface area contributed by atoms with Crippen LogP contribution in [0, 0.1) is 6.92 Å². The lowest BCUT2D eigenvalue weighted by molar-refractivity contribution is 1.35. The topological polar surface area (TPSA) is 28.7 Å². The van der Waals surface area contributed by atoms with E-state index in [9.17, 15) is 0 Å². The third kappa shape index (κ3) is 1.66. The van der Waals surface area contributed by atoms with E-state index in [4.69, 9.17) is 4.98 Å². The van der Waals surface area contributed by atoms with Crippen LogP contribution in [-0.2, 0) is 0 Å². The highest BCUT2D eigenvalue weighted by molar-refractivity contribution is 7.22. The molecule has 0 radical (unpaired) electrons. The van der Waals surface area contributed by atoms with Gasteiger partial charge in [0.2, 0.25) is 0 Å². The largest absolute Gasteiger partial charge is 0.337 e. The molecule has 2 aromatic carbocycles. The van der Waals surface area contributed by atoms with Gasteiger partial charge in [-0.15, -0.1) is 11.3 Å². The minimum Gasteiger partial charge on any atom is -0.337 e. The standard InChI is InChI=1S/C16H12N2S/c1-10-5-4-7-12-15(10)18-16(17-12)14-9-11-6-2-3-8-13(11)19-14/h2-9H,1H3,(H,17,18). The zero-order valence-electron chi connectivity index (χ0n) is 10.5. The number of imidazole rings is 1. The molecule has 0 fully saturated rings. The second-order valence-electron chi connectivity index (χ2n) is 4.70. The molecule has 0 atom stereocenters. The first-order chi connectivity index (χ1) is 9.31. The summed E-state index contributed by atoms with van der Waals surface area (Å²) in [6.07, 6.45) is 0. The SMILES string of the molecule is Cc1cccc2[nH]c(-c3cc4ccccc4s3)nc12. The van der Waals surface area contributed by atoms with Gasteiger partial charge in [-0.3, -0.25) is 0 Å². The molecule has 92 valence electrons. The Balaban J connectivity index is 1.96. The molecular weight excluding hydrogens is 252 g/mol. The molecule has 0 saturated heterocycles. The number of hydrogen-bond acceptors (Lipinski definition) is 2. The maximum absolute atomic E-state index is 4.73. The molecule has 2 aromatic heterocycles. The van der Waals surface area contributed by atoms with Crippen LogP contribution in [0.4, 0.5) is 0 Å². The first-order valence-corrected chi connectivity index (χ1v) is 7.07. The molecule has 0 unspecified atom stereocenters. The van der Waals surface area contributed by atoms with Crippen molar-refractivity contribution in [1.29, 1.82) is 0 Å². The van der Waals surface area contributed by atoms with Crippen molar-refractivity contribution < 1.29 is 0 Å². The van der Waals surface area contributed by atoms with Gasteiger partial charge in [0.15, 0.2) is 0 Å². The number of aryl methyl sites for hydroxylation is 1. The van der Waals surface area contributed by atoms with E-state index < -0.39 is 0 Å². The number of aromatic amines is 1. The predicted molar refractivity (Wildman–Crippen MR) is 81.6 cm³/mol. The summed E-state index contributed by atoms with van der Waals surface area (Å²) < 4.78 is 1.30. The van der Waals surface area contributed by atoms with Gasteiger partial charge in [-0.1, -0.05) is 30.3 Å². The van der Waals surface area contributed by atoms with Gasteiger partial charge in [-0.2, -0.15) is 0 Å². The molecule has 2 nitrogen and oxygen atoms in total. The Morgan fingerprint density at radius 1 is 1.05 bits per heavy atom. The maximum atomic E-state index is 4.73. The van der Waals surface area contributed by atoms with E-state index in [1.54, 1.807) is 11.3 Å². The molecule has 19 heavy (non-hydrogen) atoms. The number of nitrogens with one attached hydrogen (secondary N) is 1. The minimum absolute atomic E-state index is 0.963. The van der Waals surface area contributed by atoms with Crippen LogP contribution in [0.15, 0.2) is 48.5 Å². The van der Waals surface area contributed by atoms with E-state index in [0.717, 1.165) is 16.9 Å². The first-order valence-electron chi connectivity index (χ1n) is 6.25. The molecule has 1 N–H and O–H groups in total. The van der Waals surface area contributed by atoms with Crippen LogP contribution in [0.5, 0.6) is 0 Å². The molecule has 2 heterocycles. The van der Waals surface area contributed by atoms with Crippen LogP contribution in [0.2, 0.25) is 0 Å². The van der Waals surface area contributed by atoms with Gasteiger partial charge in [-0.25, -0.2) is 4.98 Å². The Morgan fingerprint density at radius 3 is 2.79 bits per heavy atom. The van der Waals surface area contributed by atoms with Crippen LogP contribution in [0.3, 0.4) is 0 Å². The second-order valence-corrected chi connectivity index (χ2v) is 5.79. The van der Waals surface area contributed by atoms with E-state index >= 15 is 0 Å². The maximum Gasteiger partial charge on any atom is 0.148 e. The quantitative estimate of drug-likeness (QED) is 0.528. The first kappa shape index (κ1) is 10.8. The summed E-state index contributed by atoms with van der Waals surface area (Å²) in [5.41, 5.74) is 3.38. The highest BCUT2D eigenvalue weighted by Crippen LogP contribution is 2.33. The Bertz CT molecular complexity index is 853. The van der Waals surface area contributed by atoms with Gasteiger partial charge in [-0.05, 0) is 36.1 Å². The summed E-state index contributed by atoms with van der Waals surface area (Å²) in [5, 5.41) is 1.28. The number of nitrogens with zero attached hydrogens (tertiary/aromatic N) is 1. The molecule has 0 amide bonds. The molecule has 0 bridgehead atoms. The molecule has 0 saturated carbocycles. The molecule has 0 aliphatic heterocycles. The summed E-state index contributed by atoms with van der Waals surface area (Å²) in [5.74, 6) is 0.963. The molecule has 4 aromatic rings. The van der Waals surface area contributed by atoms with Gasteiger partial charge < -0.3 is 4.98 Å². The van der Waals surface area contributed by atoms with Crippen molar-refractivity contribution in [3.8, 4) is 10.7 Å². The van der Waals surface area contributed by atoms with Crippen molar-refractivity contribution in [2.45, 2.75) is 6.92 Å². The second kappa shape index (κ2) is 3.93. The summed E-state index contributed by atoms with van der Waals surface area (Å²) in [6.45, 7) is 2.10. The van der Waals surface area contributed by atoms with Crippen molar-refractivity contribution in [2.24, 2.45) is 0 Å². The Morgan fingerprint density at radius 2 is 1.95 bits per heavy atom. The van der Waals surface area contributed by atoms with Gasteiger partial charge >= 0.3 is 0 Å². The Kier molecular flexibility index (Phi) is 2.23. The lowest BCUT2D eigenvalue weighted by Gasteiger charge is -1.90. The lowest BCUT2D eigenvalue weighted by atomic mass is 10.2.